The fourth-order valence-corrected chi connectivity index (χ4v) is 3.02. The molecule has 0 aromatic carbocycles. The van der Waals surface area contributed by atoms with Crippen LogP contribution in [-0.2, 0) is 4.74 Å². The van der Waals surface area contributed by atoms with Crippen molar-refractivity contribution in [1.29, 1.82) is 0 Å². The van der Waals surface area contributed by atoms with Gasteiger partial charge in [-0.25, -0.2) is 0 Å². The Labute approximate surface area is 94.3 Å². The van der Waals surface area contributed by atoms with E-state index in [1.807, 2.05) is 26.8 Å². The Bertz CT molecular complexity index is 386. The van der Waals surface area contributed by atoms with Gasteiger partial charge in [0, 0.05) is 21.9 Å². The number of rotatable bonds is 2. The maximum absolute atomic E-state index is 12.3. The Balaban J connectivity index is 2.31. The minimum atomic E-state index is -0.571. The molecule has 2 heterocycles. The fraction of sp³-hybridized carbons (Fsp3) is 0.583. The number of aryl methyl sites for hydroxylation is 2. The highest BCUT2D eigenvalue weighted by Crippen LogP contribution is 2.32. The van der Waals surface area contributed by atoms with E-state index < -0.39 is 5.60 Å². The monoisotopic (exact) mass is 224 g/mol. The van der Waals surface area contributed by atoms with Crippen LogP contribution in [0.15, 0.2) is 6.07 Å². The number of thiophene rings is 1. The highest BCUT2D eigenvalue weighted by molar-refractivity contribution is 7.12. The molecule has 1 aliphatic heterocycles. The molecule has 2 nitrogen and oxygen atoms in total. The first-order valence-electron chi connectivity index (χ1n) is 5.29. The van der Waals surface area contributed by atoms with Gasteiger partial charge < -0.3 is 4.74 Å². The van der Waals surface area contributed by atoms with E-state index in [9.17, 15) is 4.79 Å². The molecule has 1 atom stereocenters. The third-order valence-electron chi connectivity index (χ3n) is 2.98. The van der Waals surface area contributed by atoms with Crippen LogP contribution in [0.5, 0.6) is 0 Å². The van der Waals surface area contributed by atoms with Gasteiger partial charge in [-0.2, -0.15) is 0 Å². The second-order valence-electron chi connectivity index (χ2n) is 4.34. The molecule has 15 heavy (non-hydrogen) atoms. The molecule has 1 unspecified atom stereocenters. The van der Waals surface area contributed by atoms with E-state index in [4.69, 9.17) is 4.74 Å². The zero-order valence-electron chi connectivity index (χ0n) is 9.42. The molecular formula is C12H16O2S. The van der Waals surface area contributed by atoms with Crippen LogP contribution in [0, 0.1) is 13.8 Å². The molecule has 1 aliphatic rings. The van der Waals surface area contributed by atoms with E-state index in [0.29, 0.717) is 6.61 Å². The van der Waals surface area contributed by atoms with Gasteiger partial charge in [-0.3, -0.25) is 4.79 Å². The predicted octanol–water partition coefficient (Wildman–Crippen LogP) is 3.12. The summed E-state index contributed by atoms with van der Waals surface area (Å²) in [5.74, 6) is 0.154. The maximum atomic E-state index is 12.3. The first kappa shape index (κ1) is 10.8. The largest absolute Gasteiger partial charge is 0.367 e. The van der Waals surface area contributed by atoms with Gasteiger partial charge in [0.15, 0.2) is 5.78 Å². The Morgan fingerprint density at radius 3 is 2.73 bits per heavy atom. The van der Waals surface area contributed by atoms with Gasteiger partial charge in [0.05, 0.1) is 0 Å². The second-order valence-corrected chi connectivity index (χ2v) is 5.80. The van der Waals surface area contributed by atoms with Gasteiger partial charge in [-0.15, -0.1) is 11.3 Å². The minimum Gasteiger partial charge on any atom is -0.367 e. The van der Waals surface area contributed by atoms with Crippen molar-refractivity contribution in [2.75, 3.05) is 6.61 Å². The van der Waals surface area contributed by atoms with Crippen molar-refractivity contribution in [2.45, 2.75) is 39.2 Å². The summed E-state index contributed by atoms with van der Waals surface area (Å²) in [6.07, 6.45) is 1.84. The smallest absolute Gasteiger partial charge is 0.195 e. The molecule has 1 saturated heterocycles. The molecule has 0 spiro atoms. The summed E-state index contributed by atoms with van der Waals surface area (Å²) in [6.45, 7) is 6.66. The van der Waals surface area contributed by atoms with Crippen LogP contribution in [0.4, 0.5) is 0 Å². The number of carbonyl (C=O) groups excluding carboxylic acids is 1. The van der Waals surface area contributed by atoms with E-state index in [0.717, 1.165) is 23.3 Å². The quantitative estimate of drug-likeness (QED) is 0.721. The highest BCUT2D eigenvalue weighted by atomic mass is 32.1. The van der Waals surface area contributed by atoms with Crippen molar-refractivity contribution in [3.05, 3.63) is 21.4 Å². The molecule has 3 heteroatoms. The maximum Gasteiger partial charge on any atom is 0.195 e. The average Bonchev–Trinajstić information content (AvgIpc) is 2.73. The van der Waals surface area contributed by atoms with Crippen molar-refractivity contribution < 1.29 is 9.53 Å². The van der Waals surface area contributed by atoms with Crippen LogP contribution in [0.2, 0.25) is 0 Å². The molecule has 1 fully saturated rings. The Hall–Kier alpha value is -0.670. The Kier molecular flexibility index (Phi) is 2.69. The number of carbonyl (C=O) groups is 1. The van der Waals surface area contributed by atoms with Gasteiger partial charge in [0.1, 0.15) is 5.60 Å². The first-order chi connectivity index (χ1) is 7.03. The van der Waals surface area contributed by atoms with E-state index in [1.54, 1.807) is 11.3 Å². The standard InChI is InChI=1S/C12H16O2S/c1-8-7-10(9(2)15-8)11(13)12(3)5-4-6-14-12/h7H,4-6H2,1-3H3. The summed E-state index contributed by atoms with van der Waals surface area (Å²) in [5.41, 5.74) is 0.278. The summed E-state index contributed by atoms with van der Waals surface area (Å²) in [4.78, 5) is 14.6. The van der Waals surface area contributed by atoms with Crippen LogP contribution >= 0.6 is 11.3 Å². The summed E-state index contributed by atoms with van der Waals surface area (Å²) >= 11 is 1.68. The van der Waals surface area contributed by atoms with Crippen molar-refractivity contribution in [3.63, 3.8) is 0 Å². The third-order valence-corrected chi connectivity index (χ3v) is 3.95. The molecule has 2 rings (SSSR count). The average molecular weight is 224 g/mol. The molecule has 0 amide bonds. The lowest BCUT2D eigenvalue weighted by Gasteiger charge is -2.21. The Morgan fingerprint density at radius 1 is 1.53 bits per heavy atom. The van der Waals surface area contributed by atoms with Gasteiger partial charge in [-0.05, 0) is 39.7 Å². The second kappa shape index (κ2) is 3.72. The van der Waals surface area contributed by atoms with Crippen LogP contribution in [0.25, 0.3) is 0 Å². The third kappa shape index (κ3) is 1.86. The van der Waals surface area contributed by atoms with Crippen LogP contribution < -0.4 is 0 Å². The van der Waals surface area contributed by atoms with Crippen LogP contribution in [0.3, 0.4) is 0 Å². The van der Waals surface area contributed by atoms with E-state index in [1.165, 1.54) is 4.88 Å². The molecule has 0 N–H and O–H groups in total. The van der Waals surface area contributed by atoms with Crippen molar-refractivity contribution in [3.8, 4) is 0 Å². The number of ether oxygens (including phenoxy) is 1. The lowest BCUT2D eigenvalue weighted by Crippen LogP contribution is -2.34. The van der Waals surface area contributed by atoms with E-state index in [2.05, 4.69) is 0 Å². The van der Waals surface area contributed by atoms with Gasteiger partial charge >= 0.3 is 0 Å². The summed E-state index contributed by atoms with van der Waals surface area (Å²) < 4.78 is 5.58. The SMILES string of the molecule is Cc1cc(C(=O)C2(C)CCCO2)c(C)s1. The van der Waals surface area contributed by atoms with Crippen LogP contribution in [-0.4, -0.2) is 18.0 Å². The molecule has 0 aliphatic carbocycles. The number of hydrogen-bond donors (Lipinski definition) is 0. The normalized spacial score (nSPS) is 25.8. The molecule has 1 aromatic heterocycles. The molecule has 0 radical (unpaired) electrons. The number of Topliss-reactive ketones (excluding diaryl/α,β-unsaturated/α-hetero) is 1. The molecule has 0 saturated carbocycles. The lowest BCUT2D eigenvalue weighted by atomic mass is 9.92. The van der Waals surface area contributed by atoms with E-state index >= 15 is 0 Å². The highest BCUT2D eigenvalue weighted by Gasteiger charge is 2.39. The van der Waals surface area contributed by atoms with Crippen LogP contribution in [0.1, 0.15) is 39.9 Å². The molecule has 82 valence electrons. The first-order valence-corrected chi connectivity index (χ1v) is 6.10. The lowest BCUT2D eigenvalue weighted by molar-refractivity contribution is 0.0213. The zero-order valence-corrected chi connectivity index (χ0v) is 10.2. The van der Waals surface area contributed by atoms with Crippen molar-refractivity contribution in [2.24, 2.45) is 0 Å². The molecular weight excluding hydrogens is 208 g/mol. The van der Waals surface area contributed by atoms with Crippen molar-refractivity contribution in [1.82, 2.24) is 0 Å². The zero-order chi connectivity index (χ0) is 11.1. The number of ketones is 1. The van der Waals surface area contributed by atoms with Gasteiger partial charge in [0.25, 0.3) is 0 Å². The van der Waals surface area contributed by atoms with Gasteiger partial charge in [0.2, 0.25) is 0 Å². The molecule has 1 aromatic rings. The summed E-state index contributed by atoms with van der Waals surface area (Å²) in [5, 5.41) is 0. The van der Waals surface area contributed by atoms with Gasteiger partial charge in [-0.1, -0.05) is 0 Å². The predicted molar refractivity (Wildman–Crippen MR) is 61.7 cm³/mol. The number of hydrogen-bond acceptors (Lipinski definition) is 3. The van der Waals surface area contributed by atoms with Crippen molar-refractivity contribution >= 4 is 17.1 Å². The topological polar surface area (TPSA) is 26.3 Å². The minimum absolute atomic E-state index is 0.154. The Morgan fingerprint density at radius 2 is 2.27 bits per heavy atom. The fourth-order valence-electron chi connectivity index (χ4n) is 2.10. The van der Waals surface area contributed by atoms with E-state index in [-0.39, 0.29) is 5.78 Å². The molecule has 0 bridgehead atoms. The summed E-state index contributed by atoms with van der Waals surface area (Å²) in [7, 11) is 0. The summed E-state index contributed by atoms with van der Waals surface area (Å²) in [6, 6.07) is 1.98.